The quantitative estimate of drug-likeness (QED) is 0.429. The standard InChI is InChI=1S/C27H34N4O2/c1-2-19-31-25(29-24(30-31)16-12-20-7-4-3-5-8-20)17-13-21-10-14-22(15-11-21)23-9-6-18-28-26(23)27(32)33/h6,9-11,14-15,18,20H,2-5,7-8,12-13,16-17,19H2,1H3,(H,32,33). The van der Waals surface area contributed by atoms with Crippen molar-refractivity contribution in [3.8, 4) is 11.1 Å². The predicted molar refractivity (Wildman–Crippen MR) is 129 cm³/mol. The first-order chi connectivity index (χ1) is 16.1. The summed E-state index contributed by atoms with van der Waals surface area (Å²) in [5.74, 6) is 1.90. The second kappa shape index (κ2) is 11.2. The maximum Gasteiger partial charge on any atom is 0.355 e. The Balaban J connectivity index is 1.40. The molecular formula is C27H34N4O2. The second-order valence-electron chi connectivity index (χ2n) is 9.11. The van der Waals surface area contributed by atoms with Gasteiger partial charge < -0.3 is 5.11 Å². The molecule has 174 valence electrons. The van der Waals surface area contributed by atoms with Crippen molar-refractivity contribution in [3.63, 3.8) is 0 Å². The molecule has 0 unspecified atom stereocenters. The van der Waals surface area contributed by atoms with E-state index in [1.807, 2.05) is 12.1 Å². The van der Waals surface area contributed by atoms with Gasteiger partial charge in [0.2, 0.25) is 0 Å². The molecule has 2 aromatic heterocycles. The third-order valence-electron chi connectivity index (χ3n) is 6.64. The van der Waals surface area contributed by atoms with Gasteiger partial charge in [0.25, 0.3) is 0 Å². The molecule has 1 N–H and O–H groups in total. The van der Waals surface area contributed by atoms with E-state index in [4.69, 9.17) is 10.1 Å². The molecule has 6 heteroatoms. The van der Waals surface area contributed by atoms with Gasteiger partial charge in [-0.1, -0.05) is 69.4 Å². The van der Waals surface area contributed by atoms with Crippen molar-refractivity contribution in [1.82, 2.24) is 19.7 Å². The molecule has 0 saturated heterocycles. The van der Waals surface area contributed by atoms with Crippen LogP contribution in [0, 0.1) is 5.92 Å². The van der Waals surface area contributed by atoms with Crippen LogP contribution in [0.25, 0.3) is 11.1 Å². The molecule has 0 bridgehead atoms. The third kappa shape index (κ3) is 6.06. The Morgan fingerprint density at radius 2 is 1.85 bits per heavy atom. The lowest BCUT2D eigenvalue weighted by Crippen LogP contribution is -2.08. The number of rotatable bonds is 10. The summed E-state index contributed by atoms with van der Waals surface area (Å²) in [6.07, 6.45) is 13.4. The molecule has 0 atom stereocenters. The fourth-order valence-electron chi connectivity index (χ4n) is 4.83. The van der Waals surface area contributed by atoms with Crippen molar-refractivity contribution in [2.45, 2.75) is 77.7 Å². The Morgan fingerprint density at radius 3 is 2.58 bits per heavy atom. The number of aromatic carboxylic acids is 1. The van der Waals surface area contributed by atoms with Gasteiger partial charge in [-0.05, 0) is 42.4 Å². The van der Waals surface area contributed by atoms with E-state index in [1.165, 1.54) is 50.3 Å². The van der Waals surface area contributed by atoms with Gasteiger partial charge in [-0.15, -0.1) is 0 Å². The molecule has 3 aromatic rings. The van der Waals surface area contributed by atoms with Gasteiger partial charge in [0.1, 0.15) is 5.82 Å². The normalized spacial score (nSPS) is 14.5. The molecule has 1 aromatic carbocycles. The largest absolute Gasteiger partial charge is 0.476 e. The SMILES string of the molecule is CCCn1nc(CCC2CCCCC2)nc1CCc1ccc(-c2cccnc2C(=O)O)cc1. The molecule has 33 heavy (non-hydrogen) atoms. The zero-order valence-corrected chi connectivity index (χ0v) is 19.5. The van der Waals surface area contributed by atoms with Crippen LogP contribution in [0.1, 0.15) is 79.6 Å². The number of aromatic nitrogens is 4. The molecule has 1 saturated carbocycles. The molecule has 0 aliphatic heterocycles. The number of aryl methyl sites for hydroxylation is 4. The van der Waals surface area contributed by atoms with Crippen LogP contribution >= 0.6 is 0 Å². The minimum Gasteiger partial charge on any atom is -0.476 e. The Labute approximate surface area is 196 Å². The molecule has 6 nitrogen and oxygen atoms in total. The second-order valence-corrected chi connectivity index (χ2v) is 9.11. The number of carboxylic acid groups (broad SMARTS) is 1. The van der Waals surface area contributed by atoms with Gasteiger partial charge in [0.15, 0.2) is 11.5 Å². The van der Waals surface area contributed by atoms with E-state index < -0.39 is 5.97 Å². The van der Waals surface area contributed by atoms with Crippen molar-refractivity contribution in [2.24, 2.45) is 5.92 Å². The molecule has 1 aliphatic carbocycles. The third-order valence-corrected chi connectivity index (χ3v) is 6.64. The van der Waals surface area contributed by atoms with E-state index >= 15 is 0 Å². The van der Waals surface area contributed by atoms with Crippen LogP contribution in [0.2, 0.25) is 0 Å². The average Bonchev–Trinajstić information content (AvgIpc) is 3.24. The molecule has 0 radical (unpaired) electrons. The highest BCUT2D eigenvalue weighted by molar-refractivity contribution is 5.93. The number of carboxylic acids is 1. The number of nitrogens with zero attached hydrogens (tertiary/aromatic N) is 4. The first kappa shape index (κ1) is 23.1. The van der Waals surface area contributed by atoms with Crippen LogP contribution in [0.3, 0.4) is 0 Å². The number of hydrogen-bond donors (Lipinski definition) is 1. The summed E-state index contributed by atoms with van der Waals surface area (Å²) in [5, 5.41) is 14.2. The van der Waals surface area contributed by atoms with Crippen molar-refractivity contribution in [2.75, 3.05) is 0 Å². The molecule has 0 amide bonds. The maximum atomic E-state index is 11.5. The summed E-state index contributed by atoms with van der Waals surface area (Å²) in [6, 6.07) is 11.7. The van der Waals surface area contributed by atoms with E-state index in [1.54, 1.807) is 12.1 Å². The lowest BCUT2D eigenvalue weighted by atomic mass is 9.86. The number of pyridine rings is 1. The Morgan fingerprint density at radius 1 is 1.06 bits per heavy atom. The van der Waals surface area contributed by atoms with Gasteiger partial charge in [0, 0.05) is 31.1 Å². The van der Waals surface area contributed by atoms with Crippen LogP contribution in [-0.4, -0.2) is 30.8 Å². The number of hydrogen-bond acceptors (Lipinski definition) is 4. The molecular weight excluding hydrogens is 412 g/mol. The lowest BCUT2D eigenvalue weighted by molar-refractivity contribution is 0.0691. The number of benzene rings is 1. The highest BCUT2D eigenvalue weighted by Crippen LogP contribution is 2.27. The van der Waals surface area contributed by atoms with Crippen molar-refractivity contribution in [3.05, 3.63) is 65.5 Å². The monoisotopic (exact) mass is 446 g/mol. The van der Waals surface area contributed by atoms with Gasteiger partial charge in [0.05, 0.1) is 0 Å². The summed E-state index contributed by atoms with van der Waals surface area (Å²) >= 11 is 0. The van der Waals surface area contributed by atoms with E-state index in [0.717, 1.165) is 55.4 Å². The minimum atomic E-state index is -1.01. The van der Waals surface area contributed by atoms with Gasteiger partial charge in [-0.2, -0.15) is 5.10 Å². The lowest BCUT2D eigenvalue weighted by Gasteiger charge is -2.20. The number of carbonyl (C=O) groups is 1. The summed E-state index contributed by atoms with van der Waals surface area (Å²) < 4.78 is 2.10. The fourth-order valence-corrected chi connectivity index (χ4v) is 4.83. The molecule has 0 spiro atoms. The topological polar surface area (TPSA) is 80.9 Å². The Hall–Kier alpha value is -3.02. The predicted octanol–water partition coefficient (Wildman–Crippen LogP) is 5.75. The van der Waals surface area contributed by atoms with E-state index in [2.05, 4.69) is 28.7 Å². The van der Waals surface area contributed by atoms with E-state index in [-0.39, 0.29) is 5.69 Å². The zero-order valence-electron chi connectivity index (χ0n) is 19.5. The highest BCUT2D eigenvalue weighted by atomic mass is 16.4. The maximum absolute atomic E-state index is 11.5. The van der Waals surface area contributed by atoms with E-state index in [0.29, 0.717) is 5.56 Å². The van der Waals surface area contributed by atoms with Crippen molar-refractivity contribution in [1.29, 1.82) is 0 Å². The summed E-state index contributed by atoms with van der Waals surface area (Å²) in [4.78, 5) is 20.4. The van der Waals surface area contributed by atoms with Crippen molar-refractivity contribution < 1.29 is 9.90 Å². The Bertz CT molecular complexity index is 1050. The zero-order chi connectivity index (χ0) is 23.0. The fraction of sp³-hybridized carbons (Fsp3) is 0.481. The van der Waals surface area contributed by atoms with Gasteiger partial charge in [-0.3, -0.25) is 0 Å². The summed E-state index contributed by atoms with van der Waals surface area (Å²) in [7, 11) is 0. The van der Waals surface area contributed by atoms with Crippen LogP contribution in [0.4, 0.5) is 0 Å². The van der Waals surface area contributed by atoms with Gasteiger partial charge >= 0.3 is 5.97 Å². The van der Waals surface area contributed by atoms with Crippen LogP contribution in [-0.2, 0) is 25.8 Å². The first-order valence-corrected chi connectivity index (χ1v) is 12.3. The van der Waals surface area contributed by atoms with Crippen LogP contribution in [0.15, 0.2) is 42.6 Å². The summed E-state index contributed by atoms with van der Waals surface area (Å²) in [6.45, 7) is 3.08. The summed E-state index contributed by atoms with van der Waals surface area (Å²) in [5.41, 5.74) is 2.79. The highest BCUT2D eigenvalue weighted by Gasteiger charge is 2.16. The van der Waals surface area contributed by atoms with E-state index in [9.17, 15) is 9.90 Å². The van der Waals surface area contributed by atoms with Crippen molar-refractivity contribution >= 4 is 5.97 Å². The molecule has 1 aliphatic rings. The van der Waals surface area contributed by atoms with Gasteiger partial charge in [-0.25, -0.2) is 19.4 Å². The molecule has 4 rings (SSSR count). The molecule has 2 heterocycles. The average molecular weight is 447 g/mol. The van der Waals surface area contributed by atoms with Crippen LogP contribution in [0.5, 0.6) is 0 Å². The first-order valence-electron chi connectivity index (χ1n) is 12.3. The Kier molecular flexibility index (Phi) is 7.87. The minimum absolute atomic E-state index is 0.0821. The van der Waals surface area contributed by atoms with Crippen LogP contribution < -0.4 is 0 Å². The smallest absolute Gasteiger partial charge is 0.355 e. The molecule has 1 fully saturated rings.